The van der Waals surface area contributed by atoms with Gasteiger partial charge in [-0.15, -0.1) is 0 Å². The lowest BCUT2D eigenvalue weighted by Crippen LogP contribution is -2.17. The summed E-state index contributed by atoms with van der Waals surface area (Å²) in [6.45, 7) is 1.18. The van der Waals surface area contributed by atoms with Crippen LogP contribution in [0.1, 0.15) is 10.4 Å². The summed E-state index contributed by atoms with van der Waals surface area (Å²) in [5.74, 6) is 0.563. The second kappa shape index (κ2) is 7.65. The summed E-state index contributed by atoms with van der Waals surface area (Å²) in [5, 5.41) is 11.0. The molecule has 2 N–H and O–H groups in total. The second-order valence-corrected chi connectivity index (χ2v) is 3.29. The van der Waals surface area contributed by atoms with Crippen LogP contribution in [0.15, 0.2) is 24.3 Å². The normalized spacial score (nSPS) is 10.0. The maximum absolute atomic E-state index is 11.3. The lowest BCUT2D eigenvalue weighted by Gasteiger charge is -2.07. The summed E-state index contributed by atoms with van der Waals surface area (Å²) in [6.07, 6.45) is 0. The first-order valence-corrected chi connectivity index (χ1v) is 5.41. The lowest BCUT2D eigenvalue weighted by molar-refractivity contribution is 0.0705. The van der Waals surface area contributed by atoms with Gasteiger partial charge in [0.05, 0.1) is 19.8 Å². The van der Waals surface area contributed by atoms with E-state index in [1.165, 1.54) is 0 Å². The number of hydrogen-bond acceptors (Lipinski definition) is 4. The summed E-state index contributed by atoms with van der Waals surface area (Å²) in [5.41, 5.74) is 0.594. The van der Waals surface area contributed by atoms with Crippen LogP contribution in [-0.2, 0) is 4.74 Å². The molecule has 0 aromatic heterocycles. The smallest absolute Gasteiger partial charge is 0.251 e. The number of carbonyl (C=O) groups excluding carboxylic acids is 1. The van der Waals surface area contributed by atoms with Crippen molar-refractivity contribution in [2.75, 3.05) is 33.5 Å². The van der Waals surface area contributed by atoms with Crippen LogP contribution >= 0.6 is 0 Å². The molecule has 0 aliphatic carbocycles. The average molecular weight is 239 g/mol. The third-order valence-electron chi connectivity index (χ3n) is 2.08. The van der Waals surface area contributed by atoms with Crippen LogP contribution < -0.4 is 10.1 Å². The van der Waals surface area contributed by atoms with Gasteiger partial charge in [-0.1, -0.05) is 0 Å². The molecule has 17 heavy (non-hydrogen) atoms. The Morgan fingerprint density at radius 2 is 1.94 bits per heavy atom. The fourth-order valence-electron chi connectivity index (χ4n) is 1.23. The summed E-state index contributed by atoms with van der Waals surface area (Å²) in [6, 6.07) is 6.86. The second-order valence-electron chi connectivity index (χ2n) is 3.29. The van der Waals surface area contributed by atoms with Crippen molar-refractivity contribution in [3.63, 3.8) is 0 Å². The molecule has 1 amide bonds. The van der Waals surface area contributed by atoms with E-state index in [-0.39, 0.29) is 12.5 Å². The molecular weight excluding hydrogens is 222 g/mol. The Bertz CT molecular complexity index is 337. The lowest BCUT2D eigenvalue weighted by atomic mass is 10.2. The van der Waals surface area contributed by atoms with Crippen molar-refractivity contribution in [1.82, 2.24) is 5.32 Å². The zero-order valence-electron chi connectivity index (χ0n) is 9.81. The van der Waals surface area contributed by atoms with Gasteiger partial charge in [0.25, 0.3) is 5.91 Å². The van der Waals surface area contributed by atoms with Crippen molar-refractivity contribution in [2.24, 2.45) is 0 Å². The van der Waals surface area contributed by atoms with E-state index in [0.29, 0.717) is 31.1 Å². The highest BCUT2D eigenvalue weighted by atomic mass is 16.5. The minimum Gasteiger partial charge on any atom is -0.491 e. The number of aliphatic hydroxyl groups excluding tert-OH is 1. The number of hydrogen-bond donors (Lipinski definition) is 2. The minimum atomic E-state index is -0.122. The Labute approximate surface area is 100 Å². The fraction of sp³-hybridized carbons (Fsp3) is 0.417. The van der Waals surface area contributed by atoms with Crippen LogP contribution in [0.25, 0.3) is 0 Å². The molecule has 1 aromatic carbocycles. The Hall–Kier alpha value is -1.59. The third-order valence-corrected chi connectivity index (χ3v) is 2.08. The van der Waals surface area contributed by atoms with Gasteiger partial charge in [0.1, 0.15) is 12.4 Å². The van der Waals surface area contributed by atoms with Gasteiger partial charge >= 0.3 is 0 Å². The van der Waals surface area contributed by atoms with E-state index in [1.54, 1.807) is 31.3 Å². The van der Waals surface area contributed by atoms with Crippen LogP contribution in [-0.4, -0.2) is 44.5 Å². The molecule has 0 fully saturated rings. The quantitative estimate of drug-likeness (QED) is 0.677. The number of amides is 1. The van der Waals surface area contributed by atoms with Gasteiger partial charge in [-0.25, -0.2) is 0 Å². The van der Waals surface area contributed by atoms with Crippen molar-refractivity contribution in [1.29, 1.82) is 0 Å². The maximum Gasteiger partial charge on any atom is 0.251 e. The van der Waals surface area contributed by atoms with Crippen LogP contribution in [0.5, 0.6) is 5.75 Å². The van der Waals surface area contributed by atoms with Gasteiger partial charge in [0, 0.05) is 12.6 Å². The molecule has 0 atom stereocenters. The maximum atomic E-state index is 11.3. The van der Waals surface area contributed by atoms with E-state index in [4.69, 9.17) is 14.6 Å². The van der Waals surface area contributed by atoms with Gasteiger partial charge in [0.15, 0.2) is 0 Å². The van der Waals surface area contributed by atoms with Crippen LogP contribution in [0, 0.1) is 0 Å². The predicted octanol–water partition coefficient (Wildman–Crippen LogP) is 0.434. The number of ether oxygens (including phenoxy) is 2. The van der Waals surface area contributed by atoms with Crippen molar-refractivity contribution in [2.45, 2.75) is 0 Å². The predicted molar refractivity (Wildman–Crippen MR) is 63.2 cm³/mol. The molecule has 0 aliphatic heterocycles. The minimum absolute atomic E-state index is 0.0147. The van der Waals surface area contributed by atoms with Crippen molar-refractivity contribution in [3.8, 4) is 5.75 Å². The molecule has 0 aliphatic rings. The Morgan fingerprint density at radius 3 is 2.53 bits per heavy atom. The molecule has 0 saturated carbocycles. The van der Waals surface area contributed by atoms with E-state index in [2.05, 4.69) is 5.32 Å². The Morgan fingerprint density at radius 1 is 1.24 bits per heavy atom. The molecule has 0 heterocycles. The van der Waals surface area contributed by atoms with Crippen LogP contribution in [0.4, 0.5) is 0 Å². The molecule has 0 bridgehead atoms. The number of nitrogens with one attached hydrogen (secondary N) is 1. The van der Waals surface area contributed by atoms with E-state index < -0.39 is 0 Å². The summed E-state index contributed by atoms with van der Waals surface area (Å²) in [7, 11) is 1.59. The zero-order chi connectivity index (χ0) is 12.5. The summed E-state index contributed by atoms with van der Waals surface area (Å²) >= 11 is 0. The SMILES string of the molecule is CNC(=O)c1ccc(OCCOCCO)cc1. The van der Waals surface area contributed by atoms with E-state index >= 15 is 0 Å². The molecule has 0 saturated heterocycles. The van der Waals surface area contributed by atoms with Crippen LogP contribution in [0.3, 0.4) is 0 Å². The molecular formula is C12H17NO4. The van der Waals surface area contributed by atoms with E-state index in [1.807, 2.05) is 0 Å². The average Bonchev–Trinajstić information content (AvgIpc) is 2.38. The highest BCUT2D eigenvalue weighted by molar-refractivity contribution is 5.94. The molecule has 1 rings (SSSR count). The molecule has 5 heteroatoms. The van der Waals surface area contributed by atoms with Gasteiger partial charge in [-0.3, -0.25) is 4.79 Å². The van der Waals surface area contributed by atoms with Gasteiger partial charge < -0.3 is 19.9 Å². The number of benzene rings is 1. The zero-order valence-corrected chi connectivity index (χ0v) is 9.81. The first-order valence-electron chi connectivity index (χ1n) is 5.41. The van der Waals surface area contributed by atoms with Crippen molar-refractivity contribution < 1.29 is 19.4 Å². The largest absolute Gasteiger partial charge is 0.491 e. The van der Waals surface area contributed by atoms with Gasteiger partial charge in [-0.05, 0) is 24.3 Å². The molecule has 0 unspecified atom stereocenters. The fourth-order valence-corrected chi connectivity index (χ4v) is 1.23. The first kappa shape index (κ1) is 13.5. The highest BCUT2D eigenvalue weighted by Crippen LogP contribution is 2.11. The van der Waals surface area contributed by atoms with E-state index in [9.17, 15) is 4.79 Å². The molecule has 0 radical (unpaired) electrons. The van der Waals surface area contributed by atoms with Gasteiger partial charge in [-0.2, -0.15) is 0 Å². The molecule has 0 spiro atoms. The van der Waals surface area contributed by atoms with Gasteiger partial charge in [0.2, 0.25) is 0 Å². The van der Waals surface area contributed by atoms with Crippen molar-refractivity contribution in [3.05, 3.63) is 29.8 Å². The standard InChI is InChI=1S/C12H17NO4/c1-13-12(15)10-2-4-11(5-3-10)17-9-8-16-7-6-14/h2-5,14H,6-9H2,1H3,(H,13,15). The molecule has 94 valence electrons. The molecule has 1 aromatic rings. The third kappa shape index (κ3) is 4.84. The number of aliphatic hydroxyl groups is 1. The molecule has 5 nitrogen and oxygen atoms in total. The highest BCUT2D eigenvalue weighted by Gasteiger charge is 2.02. The Balaban J connectivity index is 2.33. The van der Waals surface area contributed by atoms with Crippen LogP contribution in [0.2, 0.25) is 0 Å². The van der Waals surface area contributed by atoms with Crippen molar-refractivity contribution >= 4 is 5.91 Å². The number of rotatable bonds is 7. The monoisotopic (exact) mass is 239 g/mol. The topological polar surface area (TPSA) is 67.8 Å². The van der Waals surface area contributed by atoms with E-state index in [0.717, 1.165) is 0 Å². The first-order chi connectivity index (χ1) is 8.27. The summed E-state index contributed by atoms with van der Waals surface area (Å²) in [4.78, 5) is 11.3. The number of carbonyl (C=O) groups is 1. The summed E-state index contributed by atoms with van der Waals surface area (Å²) < 4.78 is 10.4. The Kier molecular flexibility index (Phi) is 6.06.